The monoisotopic (exact) mass is 368 g/mol. The van der Waals surface area contributed by atoms with Crippen LogP contribution in [-0.2, 0) is 6.42 Å². The van der Waals surface area contributed by atoms with Crippen molar-refractivity contribution in [1.29, 1.82) is 0 Å². The standard InChI is InChI=1S/C18H21ClN2O2.ClH/c1-3-21(10-9-13-7-5-4-6-8-13)18(22)14-11-15(19)16(20)12-17(14)23-2;/h4-8,11-12H,3,9-10,20H2,1-2H3;1H. The minimum absolute atomic E-state index is 0. The van der Waals surface area contributed by atoms with Crippen molar-refractivity contribution < 1.29 is 9.53 Å². The highest BCUT2D eigenvalue weighted by molar-refractivity contribution is 6.33. The molecular weight excluding hydrogens is 347 g/mol. The third-order valence-electron chi connectivity index (χ3n) is 3.73. The maximum atomic E-state index is 12.8. The fourth-order valence-corrected chi connectivity index (χ4v) is 2.55. The first-order chi connectivity index (χ1) is 11.1. The quantitative estimate of drug-likeness (QED) is 0.782. The van der Waals surface area contributed by atoms with Gasteiger partial charge in [0, 0.05) is 19.2 Å². The molecule has 2 aromatic rings. The lowest BCUT2D eigenvalue weighted by Crippen LogP contribution is -2.33. The van der Waals surface area contributed by atoms with Gasteiger partial charge < -0.3 is 15.4 Å². The average Bonchev–Trinajstić information content (AvgIpc) is 2.58. The Morgan fingerprint density at radius 3 is 2.50 bits per heavy atom. The molecule has 0 atom stereocenters. The fraction of sp³-hybridized carbons (Fsp3) is 0.278. The number of likely N-dealkylation sites (N-methyl/N-ethyl adjacent to an activating group) is 1. The number of methoxy groups -OCH3 is 1. The first kappa shape index (κ1) is 20.1. The molecule has 0 bridgehead atoms. The van der Waals surface area contributed by atoms with E-state index < -0.39 is 0 Å². The number of carbonyl (C=O) groups is 1. The van der Waals surface area contributed by atoms with Crippen LogP contribution in [0, 0.1) is 0 Å². The zero-order chi connectivity index (χ0) is 16.8. The van der Waals surface area contributed by atoms with Crippen LogP contribution in [0.4, 0.5) is 5.69 Å². The van der Waals surface area contributed by atoms with E-state index in [0.29, 0.717) is 35.1 Å². The van der Waals surface area contributed by atoms with Crippen molar-refractivity contribution in [2.45, 2.75) is 13.3 Å². The Bertz CT molecular complexity index is 678. The molecule has 0 saturated carbocycles. The predicted octanol–water partition coefficient (Wildman–Crippen LogP) is 4.06. The van der Waals surface area contributed by atoms with Crippen molar-refractivity contribution in [1.82, 2.24) is 4.90 Å². The Balaban J connectivity index is 0.00000288. The van der Waals surface area contributed by atoms with Gasteiger partial charge in [0.25, 0.3) is 5.91 Å². The molecule has 0 spiro atoms. The molecule has 0 aliphatic heterocycles. The lowest BCUT2D eigenvalue weighted by molar-refractivity contribution is 0.0763. The maximum Gasteiger partial charge on any atom is 0.257 e. The molecule has 0 fully saturated rings. The Labute approximate surface area is 154 Å². The van der Waals surface area contributed by atoms with Crippen LogP contribution in [0.5, 0.6) is 5.75 Å². The molecule has 0 heterocycles. The first-order valence-corrected chi connectivity index (χ1v) is 7.90. The number of hydrogen-bond acceptors (Lipinski definition) is 3. The summed E-state index contributed by atoms with van der Waals surface area (Å²) in [6, 6.07) is 13.2. The van der Waals surface area contributed by atoms with Gasteiger partial charge in [-0.2, -0.15) is 0 Å². The number of anilines is 1. The van der Waals surface area contributed by atoms with Crippen LogP contribution in [0.1, 0.15) is 22.8 Å². The van der Waals surface area contributed by atoms with Gasteiger partial charge in [0.1, 0.15) is 5.75 Å². The van der Waals surface area contributed by atoms with Crippen LogP contribution in [0.15, 0.2) is 42.5 Å². The summed E-state index contributed by atoms with van der Waals surface area (Å²) in [5.41, 5.74) is 7.79. The minimum atomic E-state index is -0.109. The number of halogens is 2. The zero-order valence-electron chi connectivity index (χ0n) is 13.8. The molecule has 4 nitrogen and oxygen atoms in total. The Morgan fingerprint density at radius 2 is 1.92 bits per heavy atom. The van der Waals surface area contributed by atoms with Crippen LogP contribution < -0.4 is 10.5 Å². The Hall–Kier alpha value is -1.91. The van der Waals surface area contributed by atoms with Gasteiger partial charge in [-0.3, -0.25) is 4.79 Å². The lowest BCUT2D eigenvalue weighted by atomic mass is 10.1. The molecule has 0 aromatic heterocycles. The molecule has 6 heteroatoms. The van der Waals surface area contributed by atoms with Crippen molar-refractivity contribution >= 4 is 35.6 Å². The predicted molar refractivity (Wildman–Crippen MR) is 101 cm³/mol. The molecule has 0 radical (unpaired) electrons. The highest BCUT2D eigenvalue weighted by Crippen LogP contribution is 2.29. The molecule has 24 heavy (non-hydrogen) atoms. The lowest BCUT2D eigenvalue weighted by Gasteiger charge is -2.22. The van der Waals surface area contributed by atoms with E-state index in [1.165, 1.54) is 12.7 Å². The SMILES string of the molecule is CCN(CCc1ccccc1)C(=O)c1cc(Cl)c(N)cc1OC.Cl. The zero-order valence-corrected chi connectivity index (χ0v) is 15.4. The van der Waals surface area contributed by atoms with Crippen molar-refractivity contribution in [2.75, 3.05) is 25.9 Å². The summed E-state index contributed by atoms with van der Waals surface area (Å²) < 4.78 is 5.27. The number of benzene rings is 2. The van der Waals surface area contributed by atoms with Crippen LogP contribution in [-0.4, -0.2) is 31.0 Å². The number of nitrogens with zero attached hydrogens (tertiary/aromatic N) is 1. The van der Waals surface area contributed by atoms with Gasteiger partial charge in [-0.05, 0) is 25.0 Å². The van der Waals surface area contributed by atoms with Gasteiger partial charge in [0.15, 0.2) is 0 Å². The van der Waals surface area contributed by atoms with E-state index in [9.17, 15) is 4.79 Å². The van der Waals surface area contributed by atoms with Crippen LogP contribution >= 0.6 is 24.0 Å². The Kier molecular flexibility index (Phi) is 7.89. The average molecular weight is 369 g/mol. The summed E-state index contributed by atoms with van der Waals surface area (Å²) in [5.74, 6) is 0.331. The summed E-state index contributed by atoms with van der Waals surface area (Å²) >= 11 is 6.06. The van der Waals surface area contributed by atoms with Crippen molar-refractivity contribution in [2.24, 2.45) is 0 Å². The van der Waals surface area contributed by atoms with Gasteiger partial charge in [-0.25, -0.2) is 0 Å². The summed E-state index contributed by atoms with van der Waals surface area (Å²) in [6.45, 7) is 3.19. The van der Waals surface area contributed by atoms with Gasteiger partial charge in [0.05, 0.1) is 23.4 Å². The fourth-order valence-electron chi connectivity index (χ4n) is 2.39. The van der Waals surface area contributed by atoms with Gasteiger partial charge >= 0.3 is 0 Å². The molecule has 2 aromatic carbocycles. The van der Waals surface area contributed by atoms with Crippen LogP contribution in [0.3, 0.4) is 0 Å². The number of ether oxygens (including phenoxy) is 1. The third-order valence-corrected chi connectivity index (χ3v) is 4.06. The molecule has 2 rings (SSSR count). The summed E-state index contributed by atoms with van der Waals surface area (Å²) in [5, 5.41) is 0.355. The Morgan fingerprint density at radius 1 is 1.25 bits per heavy atom. The van der Waals surface area contributed by atoms with E-state index >= 15 is 0 Å². The third kappa shape index (κ3) is 4.79. The van der Waals surface area contributed by atoms with Gasteiger partial charge in [-0.1, -0.05) is 41.9 Å². The summed E-state index contributed by atoms with van der Waals surface area (Å²) in [4.78, 5) is 14.6. The van der Waals surface area contributed by atoms with Gasteiger partial charge in [0.2, 0.25) is 0 Å². The largest absolute Gasteiger partial charge is 0.496 e. The second kappa shape index (κ2) is 9.40. The number of amides is 1. The number of nitrogen functional groups attached to an aromatic ring is 1. The first-order valence-electron chi connectivity index (χ1n) is 7.53. The molecule has 130 valence electrons. The normalized spacial score (nSPS) is 9.96. The number of hydrogen-bond donors (Lipinski definition) is 1. The van der Waals surface area contributed by atoms with Crippen molar-refractivity contribution in [3.63, 3.8) is 0 Å². The highest BCUT2D eigenvalue weighted by Gasteiger charge is 2.20. The van der Waals surface area contributed by atoms with E-state index in [2.05, 4.69) is 12.1 Å². The van der Waals surface area contributed by atoms with E-state index in [0.717, 1.165) is 6.42 Å². The topological polar surface area (TPSA) is 55.6 Å². The van der Waals surface area contributed by atoms with E-state index in [1.54, 1.807) is 17.0 Å². The van der Waals surface area contributed by atoms with E-state index in [1.807, 2.05) is 25.1 Å². The molecule has 1 amide bonds. The van der Waals surface area contributed by atoms with Crippen LogP contribution in [0.2, 0.25) is 5.02 Å². The van der Waals surface area contributed by atoms with E-state index in [-0.39, 0.29) is 18.3 Å². The second-order valence-corrected chi connectivity index (χ2v) is 5.60. The molecule has 0 saturated heterocycles. The molecular formula is C18H22Cl2N2O2. The number of nitrogens with two attached hydrogens (primary N) is 1. The second-order valence-electron chi connectivity index (χ2n) is 5.19. The maximum absolute atomic E-state index is 12.8. The van der Waals surface area contributed by atoms with Crippen molar-refractivity contribution in [3.05, 3.63) is 58.6 Å². The summed E-state index contributed by atoms with van der Waals surface area (Å²) in [6.07, 6.45) is 0.797. The number of rotatable bonds is 6. The smallest absolute Gasteiger partial charge is 0.257 e. The van der Waals surface area contributed by atoms with Crippen LogP contribution in [0.25, 0.3) is 0 Å². The highest BCUT2D eigenvalue weighted by atomic mass is 35.5. The summed E-state index contributed by atoms with van der Waals surface area (Å²) in [7, 11) is 1.51. The van der Waals surface area contributed by atoms with Crippen molar-refractivity contribution in [3.8, 4) is 5.75 Å². The number of carbonyl (C=O) groups excluding carboxylic acids is 1. The molecule has 0 aliphatic carbocycles. The molecule has 0 unspecified atom stereocenters. The van der Waals surface area contributed by atoms with Gasteiger partial charge in [-0.15, -0.1) is 12.4 Å². The molecule has 2 N–H and O–H groups in total. The minimum Gasteiger partial charge on any atom is -0.496 e. The van der Waals surface area contributed by atoms with E-state index in [4.69, 9.17) is 22.1 Å². The molecule has 0 aliphatic rings.